The molecule has 0 saturated heterocycles. The Morgan fingerprint density at radius 1 is 1.25 bits per heavy atom. The zero-order valence-corrected chi connectivity index (χ0v) is 13.8. The molecular weight excluding hydrogens is 324 g/mol. The van der Waals surface area contributed by atoms with Crippen molar-refractivity contribution in [3.63, 3.8) is 0 Å². The summed E-state index contributed by atoms with van der Waals surface area (Å²) in [6, 6.07) is 8.75. The molecule has 24 heavy (non-hydrogen) atoms. The quantitative estimate of drug-likeness (QED) is 0.617. The Bertz CT molecular complexity index is 839. The summed E-state index contributed by atoms with van der Waals surface area (Å²) in [5.41, 5.74) is 2.94. The second kappa shape index (κ2) is 7.31. The van der Waals surface area contributed by atoms with Crippen LogP contribution in [-0.4, -0.2) is 28.0 Å². The molecule has 3 N–H and O–H groups in total. The lowest BCUT2D eigenvalue weighted by atomic mass is 10.0. The van der Waals surface area contributed by atoms with Gasteiger partial charge in [0.25, 0.3) is 0 Å². The van der Waals surface area contributed by atoms with E-state index in [9.17, 15) is 14.7 Å². The van der Waals surface area contributed by atoms with Gasteiger partial charge in [0.1, 0.15) is 6.04 Å². The predicted octanol–water partition coefficient (Wildman–Crippen LogP) is 2.97. The minimum atomic E-state index is -1.02. The maximum Gasteiger partial charge on any atom is 0.326 e. The normalized spacial score (nSPS) is 12.2. The highest BCUT2D eigenvalue weighted by molar-refractivity contribution is 7.07. The van der Waals surface area contributed by atoms with Gasteiger partial charge in [-0.15, -0.1) is 0 Å². The van der Waals surface area contributed by atoms with Gasteiger partial charge in [-0.25, -0.2) is 4.79 Å². The van der Waals surface area contributed by atoms with Crippen LogP contribution >= 0.6 is 11.3 Å². The zero-order chi connectivity index (χ0) is 16.9. The average molecular weight is 342 g/mol. The van der Waals surface area contributed by atoms with Crippen LogP contribution in [0.3, 0.4) is 0 Å². The second-order valence-electron chi connectivity index (χ2n) is 5.65. The molecular formula is C18H18N2O3S. The maximum atomic E-state index is 12.1. The Kier molecular flexibility index (Phi) is 4.96. The van der Waals surface area contributed by atoms with Crippen LogP contribution in [0.1, 0.15) is 17.5 Å². The van der Waals surface area contributed by atoms with Crippen LogP contribution in [-0.2, 0) is 22.4 Å². The van der Waals surface area contributed by atoms with E-state index in [1.165, 1.54) is 0 Å². The first-order valence-corrected chi connectivity index (χ1v) is 8.66. The van der Waals surface area contributed by atoms with E-state index in [4.69, 9.17) is 0 Å². The lowest BCUT2D eigenvalue weighted by Crippen LogP contribution is -2.42. The van der Waals surface area contributed by atoms with Gasteiger partial charge >= 0.3 is 5.97 Å². The number of aryl methyl sites for hydroxylation is 1. The van der Waals surface area contributed by atoms with Gasteiger partial charge in [-0.1, -0.05) is 18.2 Å². The molecule has 0 aliphatic carbocycles. The van der Waals surface area contributed by atoms with E-state index < -0.39 is 12.0 Å². The summed E-state index contributed by atoms with van der Waals surface area (Å²) in [5.74, 6) is -1.27. The van der Waals surface area contributed by atoms with E-state index >= 15 is 0 Å². The summed E-state index contributed by atoms with van der Waals surface area (Å²) in [7, 11) is 0. The van der Waals surface area contributed by atoms with Crippen LogP contribution in [0.25, 0.3) is 10.9 Å². The Labute approximate surface area is 143 Å². The number of amides is 1. The minimum absolute atomic E-state index is 0.242. The molecule has 0 aliphatic rings. The second-order valence-corrected chi connectivity index (χ2v) is 6.43. The van der Waals surface area contributed by atoms with E-state index in [1.807, 2.05) is 41.1 Å². The molecule has 1 unspecified atom stereocenters. The molecule has 1 atom stereocenters. The molecule has 0 aliphatic heterocycles. The van der Waals surface area contributed by atoms with Crippen molar-refractivity contribution >= 4 is 34.1 Å². The fourth-order valence-electron chi connectivity index (χ4n) is 2.68. The Balaban J connectivity index is 1.64. The van der Waals surface area contributed by atoms with Crippen molar-refractivity contribution in [2.45, 2.75) is 25.3 Å². The molecule has 0 saturated carbocycles. The lowest BCUT2D eigenvalue weighted by Gasteiger charge is -2.14. The van der Waals surface area contributed by atoms with Gasteiger partial charge in [0.15, 0.2) is 0 Å². The Morgan fingerprint density at radius 3 is 2.83 bits per heavy atom. The van der Waals surface area contributed by atoms with Gasteiger partial charge in [0, 0.05) is 29.9 Å². The highest BCUT2D eigenvalue weighted by Crippen LogP contribution is 2.19. The first-order chi connectivity index (χ1) is 11.6. The number of carbonyl (C=O) groups excluding carboxylic acids is 1. The van der Waals surface area contributed by atoms with Crippen molar-refractivity contribution in [2.24, 2.45) is 0 Å². The van der Waals surface area contributed by atoms with E-state index in [-0.39, 0.29) is 18.7 Å². The largest absolute Gasteiger partial charge is 0.480 e. The number of benzene rings is 1. The number of hydrogen-bond donors (Lipinski definition) is 3. The summed E-state index contributed by atoms with van der Waals surface area (Å²) in [5, 5.41) is 17.0. The number of aromatic nitrogens is 1. The minimum Gasteiger partial charge on any atom is -0.480 e. The SMILES string of the molecule is O=C(CCc1ccsc1)NC(Cc1c[nH]c2ccccc12)C(=O)O. The van der Waals surface area contributed by atoms with Crippen molar-refractivity contribution in [1.82, 2.24) is 10.3 Å². The molecule has 0 spiro atoms. The van der Waals surface area contributed by atoms with Crippen molar-refractivity contribution < 1.29 is 14.7 Å². The molecule has 6 heteroatoms. The summed E-state index contributed by atoms with van der Waals surface area (Å²) in [4.78, 5) is 26.7. The van der Waals surface area contributed by atoms with Crippen LogP contribution in [0, 0.1) is 0 Å². The van der Waals surface area contributed by atoms with Gasteiger partial charge in [-0.05, 0) is 40.4 Å². The standard InChI is InChI=1S/C18H18N2O3S/c21-17(6-5-12-7-8-24-11-12)20-16(18(22)23)9-13-10-19-15-4-2-1-3-14(13)15/h1-4,7-8,10-11,16,19H,5-6,9H2,(H,20,21)(H,22,23). The zero-order valence-electron chi connectivity index (χ0n) is 13.0. The Morgan fingerprint density at radius 2 is 2.08 bits per heavy atom. The fourth-order valence-corrected chi connectivity index (χ4v) is 3.38. The monoisotopic (exact) mass is 342 g/mol. The maximum absolute atomic E-state index is 12.1. The molecule has 0 fully saturated rings. The number of nitrogens with one attached hydrogen (secondary N) is 2. The number of rotatable bonds is 7. The number of thiophene rings is 1. The van der Waals surface area contributed by atoms with Gasteiger partial charge < -0.3 is 15.4 Å². The van der Waals surface area contributed by atoms with Crippen LogP contribution < -0.4 is 5.32 Å². The van der Waals surface area contributed by atoms with Crippen LogP contribution in [0.2, 0.25) is 0 Å². The fraction of sp³-hybridized carbons (Fsp3) is 0.222. The summed E-state index contributed by atoms with van der Waals surface area (Å²) >= 11 is 1.58. The van der Waals surface area contributed by atoms with Gasteiger partial charge in [0.05, 0.1) is 0 Å². The topological polar surface area (TPSA) is 82.2 Å². The molecule has 0 bridgehead atoms. The molecule has 2 aromatic heterocycles. The number of aromatic amines is 1. The number of carboxylic acids is 1. The van der Waals surface area contributed by atoms with E-state index in [0.29, 0.717) is 6.42 Å². The summed E-state index contributed by atoms with van der Waals surface area (Å²) in [6.07, 6.45) is 2.96. The third kappa shape index (κ3) is 3.83. The van der Waals surface area contributed by atoms with Crippen LogP contribution in [0.15, 0.2) is 47.3 Å². The van der Waals surface area contributed by atoms with Crippen molar-refractivity contribution in [3.05, 3.63) is 58.4 Å². The summed E-state index contributed by atoms with van der Waals surface area (Å²) < 4.78 is 0. The Hall–Kier alpha value is -2.60. The molecule has 3 rings (SSSR count). The molecule has 124 valence electrons. The van der Waals surface area contributed by atoms with Crippen LogP contribution in [0.4, 0.5) is 0 Å². The number of H-pyrrole nitrogens is 1. The highest BCUT2D eigenvalue weighted by atomic mass is 32.1. The van der Waals surface area contributed by atoms with Gasteiger partial charge in [0.2, 0.25) is 5.91 Å². The van der Waals surface area contributed by atoms with E-state index in [1.54, 1.807) is 17.5 Å². The first-order valence-electron chi connectivity index (χ1n) is 7.71. The van der Waals surface area contributed by atoms with Gasteiger partial charge in [-0.3, -0.25) is 4.79 Å². The summed E-state index contributed by atoms with van der Waals surface area (Å²) in [6.45, 7) is 0. The van der Waals surface area contributed by atoms with Crippen molar-refractivity contribution in [2.75, 3.05) is 0 Å². The molecule has 3 aromatic rings. The van der Waals surface area contributed by atoms with Gasteiger partial charge in [-0.2, -0.15) is 11.3 Å². The van der Waals surface area contributed by atoms with E-state index in [2.05, 4.69) is 10.3 Å². The highest BCUT2D eigenvalue weighted by Gasteiger charge is 2.21. The first kappa shape index (κ1) is 16.3. The molecule has 2 heterocycles. The number of aliphatic carboxylic acids is 1. The van der Waals surface area contributed by atoms with Crippen molar-refractivity contribution in [1.29, 1.82) is 0 Å². The average Bonchev–Trinajstić information content (AvgIpc) is 3.22. The molecule has 1 aromatic carbocycles. The van der Waals surface area contributed by atoms with E-state index in [0.717, 1.165) is 22.0 Å². The number of hydrogen-bond acceptors (Lipinski definition) is 3. The van der Waals surface area contributed by atoms with Crippen LogP contribution in [0.5, 0.6) is 0 Å². The molecule has 0 radical (unpaired) electrons. The number of para-hydroxylation sites is 1. The molecule has 1 amide bonds. The van der Waals surface area contributed by atoms with Crippen molar-refractivity contribution in [3.8, 4) is 0 Å². The third-order valence-electron chi connectivity index (χ3n) is 3.95. The lowest BCUT2D eigenvalue weighted by molar-refractivity contribution is -0.141. The smallest absolute Gasteiger partial charge is 0.326 e. The predicted molar refractivity (Wildman–Crippen MR) is 94.2 cm³/mol. The third-order valence-corrected chi connectivity index (χ3v) is 4.69. The number of carbonyl (C=O) groups is 2. The molecule has 5 nitrogen and oxygen atoms in total. The number of carboxylic acid groups (broad SMARTS) is 1. The number of fused-ring (bicyclic) bond motifs is 1.